The number of carbonyl (C=O) groups is 1. The number of nitrogens with zero attached hydrogens (tertiary/aromatic N) is 2. The highest BCUT2D eigenvalue weighted by Gasteiger charge is 2.18. The Balaban J connectivity index is 1.42. The van der Waals surface area contributed by atoms with Crippen LogP contribution in [0, 0.1) is 0 Å². The molecule has 1 saturated heterocycles. The molecular weight excluding hydrogens is 430 g/mol. The first kappa shape index (κ1) is 22.2. The molecule has 1 unspecified atom stereocenters. The van der Waals surface area contributed by atoms with Crippen LogP contribution >= 0.6 is 0 Å². The Bertz CT molecular complexity index is 1160. The second kappa shape index (κ2) is 10.0. The monoisotopic (exact) mass is 455 g/mol. The molecule has 1 aromatic heterocycles. The first-order chi connectivity index (χ1) is 15.5. The lowest BCUT2D eigenvalue weighted by Gasteiger charge is -2.13. The number of anilines is 1. The van der Waals surface area contributed by atoms with Crippen molar-refractivity contribution in [1.29, 1.82) is 0 Å². The molecule has 0 saturated carbocycles. The lowest BCUT2D eigenvalue weighted by Crippen LogP contribution is -2.25. The summed E-state index contributed by atoms with van der Waals surface area (Å²) < 4.78 is 35.2. The van der Waals surface area contributed by atoms with Gasteiger partial charge in [-0.25, -0.2) is 13.1 Å². The average Bonchev–Trinajstić information content (AvgIpc) is 3.10. The molecule has 2 aromatic carbocycles. The molecule has 1 atom stereocenters. The molecule has 3 aromatic rings. The normalized spacial score (nSPS) is 16.9. The number of hydrogen-bond donors (Lipinski definition) is 3. The topological polar surface area (TPSA) is 114 Å². The van der Waals surface area contributed by atoms with Crippen LogP contribution in [0.15, 0.2) is 71.9 Å². The van der Waals surface area contributed by atoms with E-state index in [1.807, 2.05) is 30.3 Å². The van der Waals surface area contributed by atoms with E-state index in [4.69, 9.17) is 4.74 Å². The van der Waals surface area contributed by atoms with Crippen LogP contribution in [0.4, 0.5) is 5.69 Å². The summed E-state index contributed by atoms with van der Waals surface area (Å²) in [5.41, 5.74) is 1.60. The van der Waals surface area contributed by atoms with Crippen molar-refractivity contribution in [2.75, 3.05) is 31.6 Å². The van der Waals surface area contributed by atoms with Crippen LogP contribution in [0.5, 0.6) is 0 Å². The number of rotatable bonds is 7. The van der Waals surface area contributed by atoms with Crippen LogP contribution < -0.4 is 15.4 Å². The smallest absolute Gasteiger partial charge is 0.255 e. The first-order valence-corrected chi connectivity index (χ1v) is 11.8. The molecule has 32 heavy (non-hydrogen) atoms. The SMILES string of the molecule is O=C(Nc1cnn(C2CNCCOC2)c1)c1cccc(S(=O)(=O)NCc2ccccc2)c1. The third kappa shape index (κ3) is 5.60. The van der Waals surface area contributed by atoms with E-state index in [0.29, 0.717) is 18.9 Å². The van der Waals surface area contributed by atoms with E-state index in [-0.39, 0.29) is 23.0 Å². The van der Waals surface area contributed by atoms with E-state index in [1.54, 1.807) is 29.2 Å². The molecule has 9 nitrogen and oxygen atoms in total. The molecular formula is C22H25N5O4S. The van der Waals surface area contributed by atoms with Crippen LogP contribution in [-0.2, 0) is 21.3 Å². The van der Waals surface area contributed by atoms with Gasteiger partial charge >= 0.3 is 0 Å². The molecule has 3 N–H and O–H groups in total. The van der Waals surface area contributed by atoms with Crippen molar-refractivity contribution < 1.29 is 17.9 Å². The van der Waals surface area contributed by atoms with Crippen LogP contribution in [0.3, 0.4) is 0 Å². The fraction of sp³-hybridized carbons (Fsp3) is 0.273. The molecule has 10 heteroatoms. The van der Waals surface area contributed by atoms with Crippen LogP contribution in [0.25, 0.3) is 0 Å². The van der Waals surface area contributed by atoms with Crippen molar-refractivity contribution in [1.82, 2.24) is 19.8 Å². The maximum absolute atomic E-state index is 12.7. The first-order valence-electron chi connectivity index (χ1n) is 10.3. The zero-order chi connectivity index (χ0) is 22.4. The summed E-state index contributed by atoms with van der Waals surface area (Å²) >= 11 is 0. The van der Waals surface area contributed by atoms with Crippen LogP contribution in [0.1, 0.15) is 22.0 Å². The number of aromatic nitrogens is 2. The van der Waals surface area contributed by atoms with Gasteiger partial charge in [0.25, 0.3) is 5.91 Å². The van der Waals surface area contributed by atoms with E-state index in [0.717, 1.165) is 18.7 Å². The largest absolute Gasteiger partial charge is 0.378 e. The molecule has 0 bridgehead atoms. The molecule has 2 heterocycles. The number of hydrogen-bond acceptors (Lipinski definition) is 6. The van der Waals surface area contributed by atoms with Crippen LogP contribution in [-0.4, -0.2) is 50.4 Å². The Morgan fingerprint density at radius 2 is 2.03 bits per heavy atom. The van der Waals surface area contributed by atoms with Gasteiger partial charge in [-0.3, -0.25) is 9.48 Å². The predicted octanol–water partition coefficient (Wildman–Crippen LogP) is 1.77. The van der Waals surface area contributed by atoms with Gasteiger partial charge in [-0.05, 0) is 23.8 Å². The van der Waals surface area contributed by atoms with E-state index in [1.165, 1.54) is 12.1 Å². The summed E-state index contributed by atoms with van der Waals surface area (Å²) in [6, 6.07) is 15.2. The lowest BCUT2D eigenvalue weighted by molar-refractivity contribution is 0.102. The molecule has 0 spiro atoms. The van der Waals surface area contributed by atoms with Crippen molar-refractivity contribution in [2.45, 2.75) is 17.5 Å². The van der Waals surface area contributed by atoms with Crippen molar-refractivity contribution in [3.63, 3.8) is 0 Å². The molecule has 1 fully saturated rings. The van der Waals surface area contributed by atoms with Gasteiger partial charge in [0.05, 0.1) is 36.0 Å². The minimum Gasteiger partial charge on any atom is -0.378 e. The van der Waals surface area contributed by atoms with Gasteiger partial charge in [-0.1, -0.05) is 36.4 Å². The van der Waals surface area contributed by atoms with E-state index in [2.05, 4.69) is 20.5 Å². The van der Waals surface area contributed by atoms with Crippen molar-refractivity contribution in [2.24, 2.45) is 0 Å². The van der Waals surface area contributed by atoms with Gasteiger partial charge in [0.2, 0.25) is 10.0 Å². The summed E-state index contributed by atoms with van der Waals surface area (Å²) in [6.07, 6.45) is 3.30. The highest BCUT2D eigenvalue weighted by molar-refractivity contribution is 7.89. The minimum absolute atomic E-state index is 0.0263. The predicted molar refractivity (Wildman–Crippen MR) is 120 cm³/mol. The number of sulfonamides is 1. The fourth-order valence-corrected chi connectivity index (χ4v) is 4.39. The summed E-state index contributed by atoms with van der Waals surface area (Å²) in [7, 11) is -3.77. The van der Waals surface area contributed by atoms with Crippen LogP contribution in [0.2, 0.25) is 0 Å². The Kier molecular flexibility index (Phi) is 6.96. The van der Waals surface area contributed by atoms with Crippen molar-refractivity contribution in [3.8, 4) is 0 Å². The van der Waals surface area contributed by atoms with Gasteiger partial charge < -0.3 is 15.4 Å². The van der Waals surface area contributed by atoms with Gasteiger partial charge in [0, 0.05) is 31.4 Å². The summed E-state index contributed by atoms with van der Waals surface area (Å²) in [6.45, 7) is 2.88. The molecule has 1 amide bonds. The van der Waals surface area contributed by atoms with Crippen molar-refractivity contribution >= 4 is 21.6 Å². The maximum atomic E-state index is 12.7. The molecule has 168 valence electrons. The third-order valence-electron chi connectivity index (χ3n) is 5.06. The van der Waals surface area contributed by atoms with Gasteiger partial charge in [0.15, 0.2) is 0 Å². The zero-order valence-electron chi connectivity index (χ0n) is 17.4. The van der Waals surface area contributed by atoms with Gasteiger partial charge in [-0.15, -0.1) is 0 Å². The quantitative estimate of drug-likeness (QED) is 0.500. The Morgan fingerprint density at radius 3 is 2.88 bits per heavy atom. The zero-order valence-corrected chi connectivity index (χ0v) is 18.2. The number of carbonyl (C=O) groups excluding carboxylic acids is 1. The summed E-state index contributed by atoms with van der Waals surface area (Å²) in [5.74, 6) is -0.417. The molecule has 0 aliphatic carbocycles. The summed E-state index contributed by atoms with van der Waals surface area (Å²) in [5, 5.41) is 10.4. The number of amides is 1. The molecule has 1 aliphatic heterocycles. The number of benzene rings is 2. The van der Waals surface area contributed by atoms with Crippen molar-refractivity contribution in [3.05, 3.63) is 78.1 Å². The highest BCUT2D eigenvalue weighted by atomic mass is 32.2. The third-order valence-corrected chi connectivity index (χ3v) is 6.46. The Morgan fingerprint density at radius 1 is 1.19 bits per heavy atom. The van der Waals surface area contributed by atoms with E-state index in [9.17, 15) is 13.2 Å². The summed E-state index contributed by atoms with van der Waals surface area (Å²) in [4.78, 5) is 12.7. The lowest BCUT2D eigenvalue weighted by atomic mass is 10.2. The average molecular weight is 456 g/mol. The minimum atomic E-state index is -3.77. The number of nitrogens with one attached hydrogen (secondary N) is 3. The Labute approximate surface area is 186 Å². The van der Waals surface area contributed by atoms with E-state index >= 15 is 0 Å². The standard InChI is InChI=1S/C22H25N5O4S/c28-22(26-19-13-24-27(15-19)20-14-23-9-10-31-16-20)18-7-4-8-21(11-18)32(29,30)25-12-17-5-2-1-3-6-17/h1-8,11,13,15,20,23,25H,9-10,12,14,16H2,(H,26,28). The fourth-order valence-electron chi connectivity index (χ4n) is 3.33. The second-order valence-electron chi connectivity index (χ2n) is 7.43. The molecule has 4 rings (SSSR count). The number of ether oxygens (including phenoxy) is 1. The van der Waals surface area contributed by atoms with Gasteiger partial charge in [0.1, 0.15) is 0 Å². The Hall–Kier alpha value is -3.05. The highest BCUT2D eigenvalue weighted by Crippen LogP contribution is 2.16. The maximum Gasteiger partial charge on any atom is 0.255 e. The second-order valence-corrected chi connectivity index (χ2v) is 9.20. The van der Waals surface area contributed by atoms with Gasteiger partial charge in [-0.2, -0.15) is 5.10 Å². The molecule has 0 radical (unpaired) electrons. The molecule has 1 aliphatic rings. The van der Waals surface area contributed by atoms with E-state index < -0.39 is 15.9 Å².